The molecule has 1 aromatic heterocycles. The van der Waals surface area contributed by atoms with Gasteiger partial charge in [0.15, 0.2) is 5.69 Å². The second kappa shape index (κ2) is 5.86. The predicted molar refractivity (Wildman–Crippen MR) is 77.1 cm³/mol. The number of rotatable bonds is 4. The summed E-state index contributed by atoms with van der Waals surface area (Å²) in [5.41, 5.74) is 1.51. The van der Waals surface area contributed by atoms with Gasteiger partial charge in [0, 0.05) is 0 Å². The number of benzene rings is 1. The Hall–Kier alpha value is -2.17. The van der Waals surface area contributed by atoms with Crippen LogP contribution in [0.3, 0.4) is 0 Å². The molecule has 5 heteroatoms. The maximum atomic E-state index is 12.1. The fraction of sp³-hybridized carbons (Fsp3) is 0.400. The molecular weight excluding hydrogens is 252 g/mol. The predicted octanol–water partition coefficient (Wildman–Crippen LogP) is 2.71. The van der Waals surface area contributed by atoms with Crippen LogP contribution in [0.4, 0.5) is 0 Å². The molecule has 106 valence electrons. The number of amides is 1. The van der Waals surface area contributed by atoms with Crippen molar-refractivity contribution in [1.82, 2.24) is 20.7 Å². The first-order chi connectivity index (χ1) is 9.46. The lowest BCUT2D eigenvalue weighted by molar-refractivity contribution is 0.0921. The molecule has 1 heterocycles. The van der Waals surface area contributed by atoms with Crippen molar-refractivity contribution < 1.29 is 4.79 Å². The minimum absolute atomic E-state index is 0.0413. The van der Waals surface area contributed by atoms with Crippen LogP contribution in [0.25, 0.3) is 0 Å². The van der Waals surface area contributed by atoms with Gasteiger partial charge in [-0.1, -0.05) is 51.1 Å². The van der Waals surface area contributed by atoms with E-state index in [9.17, 15) is 4.79 Å². The number of carbonyl (C=O) groups excluding carboxylic acids is 1. The van der Waals surface area contributed by atoms with E-state index in [1.54, 1.807) is 0 Å². The number of hydrogen-bond donors (Lipinski definition) is 2. The first-order valence-corrected chi connectivity index (χ1v) is 6.67. The van der Waals surface area contributed by atoms with Crippen LogP contribution in [0.5, 0.6) is 0 Å². The maximum Gasteiger partial charge on any atom is 0.273 e. The first kappa shape index (κ1) is 14.2. The Morgan fingerprint density at radius 2 is 2.00 bits per heavy atom. The molecule has 0 saturated carbocycles. The van der Waals surface area contributed by atoms with Gasteiger partial charge >= 0.3 is 0 Å². The molecule has 0 aliphatic carbocycles. The average molecular weight is 272 g/mol. The highest BCUT2D eigenvalue weighted by Gasteiger charge is 2.23. The molecule has 2 rings (SSSR count). The summed E-state index contributed by atoms with van der Waals surface area (Å²) in [7, 11) is 0. The monoisotopic (exact) mass is 272 g/mol. The van der Waals surface area contributed by atoms with Gasteiger partial charge in [0.05, 0.1) is 12.2 Å². The lowest BCUT2D eigenvalue weighted by Gasteiger charge is -2.27. The molecule has 2 N–H and O–H groups in total. The van der Waals surface area contributed by atoms with Crippen LogP contribution >= 0.6 is 0 Å². The fourth-order valence-electron chi connectivity index (χ4n) is 2.09. The van der Waals surface area contributed by atoms with Crippen molar-refractivity contribution >= 4 is 5.91 Å². The Balaban J connectivity index is 2.17. The summed E-state index contributed by atoms with van der Waals surface area (Å²) in [6, 6.07) is 9.94. The Bertz CT molecular complexity index is 543. The van der Waals surface area contributed by atoms with E-state index in [0.29, 0.717) is 5.69 Å². The van der Waals surface area contributed by atoms with Gasteiger partial charge in [-0.3, -0.25) is 4.79 Å². The lowest BCUT2D eigenvalue weighted by Crippen LogP contribution is -2.31. The van der Waals surface area contributed by atoms with Crippen LogP contribution < -0.4 is 5.32 Å². The Kier molecular flexibility index (Phi) is 4.17. The van der Waals surface area contributed by atoms with Crippen molar-refractivity contribution in [2.45, 2.75) is 33.2 Å². The molecule has 5 nitrogen and oxygen atoms in total. The molecule has 2 aromatic rings. The number of nitrogens with one attached hydrogen (secondary N) is 2. The van der Waals surface area contributed by atoms with Crippen molar-refractivity contribution in [1.29, 1.82) is 0 Å². The summed E-state index contributed by atoms with van der Waals surface area (Å²) < 4.78 is 0. The summed E-state index contributed by atoms with van der Waals surface area (Å²) in [5.74, 6) is -0.211. The first-order valence-electron chi connectivity index (χ1n) is 6.67. The molecule has 0 bridgehead atoms. The summed E-state index contributed by atoms with van der Waals surface area (Å²) in [6.07, 6.45) is 2.27. The third-order valence-corrected chi connectivity index (χ3v) is 2.97. The van der Waals surface area contributed by atoms with Gasteiger partial charge in [0.1, 0.15) is 0 Å². The third kappa shape index (κ3) is 3.91. The molecule has 0 fully saturated rings. The molecule has 20 heavy (non-hydrogen) atoms. The Labute approximate surface area is 118 Å². The van der Waals surface area contributed by atoms with E-state index in [4.69, 9.17) is 0 Å². The van der Waals surface area contributed by atoms with Gasteiger partial charge in [0.25, 0.3) is 5.91 Å². The van der Waals surface area contributed by atoms with Crippen LogP contribution in [0, 0.1) is 5.41 Å². The number of H-pyrrole nitrogens is 1. The van der Waals surface area contributed by atoms with Crippen molar-refractivity contribution in [2.75, 3.05) is 0 Å². The molecule has 0 spiro atoms. The smallest absolute Gasteiger partial charge is 0.273 e. The zero-order valence-corrected chi connectivity index (χ0v) is 12.1. The van der Waals surface area contributed by atoms with Gasteiger partial charge < -0.3 is 5.32 Å². The van der Waals surface area contributed by atoms with Crippen LogP contribution in [0.1, 0.15) is 49.3 Å². The van der Waals surface area contributed by atoms with E-state index >= 15 is 0 Å². The van der Waals surface area contributed by atoms with Gasteiger partial charge in [-0.15, -0.1) is 0 Å². The molecule has 0 aliphatic heterocycles. The minimum Gasteiger partial charge on any atom is -0.344 e. The molecule has 1 unspecified atom stereocenters. The summed E-state index contributed by atoms with van der Waals surface area (Å²) in [4.78, 5) is 12.1. The zero-order valence-electron chi connectivity index (χ0n) is 12.1. The van der Waals surface area contributed by atoms with Gasteiger partial charge in [0.2, 0.25) is 0 Å². The van der Waals surface area contributed by atoms with Crippen LogP contribution in [0.15, 0.2) is 36.5 Å². The van der Waals surface area contributed by atoms with Gasteiger partial charge in [-0.2, -0.15) is 15.4 Å². The van der Waals surface area contributed by atoms with Gasteiger partial charge in [-0.05, 0) is 17.4 Å². The number of nitrogens with zero attached hydrogens (tertiary/aromatic N) is 2. The summed E-state index contributed by atoms with van der Waals surface area (Å²) in [6.45, 7) is 6.47. The highest BCUT2D eigenvalue weighted by Crippen LogP contribution is 2.29. The SMILES string of the molecule is CC(C)(C)CC(NC(=O)c1cn[nH]n1)c1ccccc1. The molecule has 0 radical (unpaired) electrons. The number of carbonyl (C=O) groups is 1. The van der Waals surface area contributed by atoms with Crippen molar-refractivity contribution in [3.8, 4) is 0 Å². The van der Waals surface area contributed by atoms with E-state index in [2.05, 4.69) is 41.5 Å². The molecule has 0 saturated heterocycles. The standard InChI is InChI=1S/C15H20N4O/c1-15(2,3)9-12(11-7-5-4-6-8-11)17-14(20)13-10-16-19-18-13/h4-8,10,12H,9H2,1-3H3,(H,17,20)(H,16,18,19). The number of aromatic nitrogens is 3. The number of hydrogen-bond acceptors (Lipinski definition) is 3. The fourth-order valence-corrected chi connectivity index (χ4v) is 2.09. The minimum atomic E-state index is -0.211. The van der Waals surface area contributed by atoms with Crippen molar-refractivity contribution in [2.24, 2.45) is 5.41 Å². The van der Waals surface area contributed by atoms with E-state index in [1.807, 2.05) is 30.3 Å². The maximum absolute atomic E-state index is 12.1. The molecular formula is C15H20N4O. The summed E-state index contributed by atoms with van der Waals surface area (Å²) >= 11 is 0. The molecule has 1 aromatic carbocycles. The third-order valence-electron chi connectivity index (χ3n) is 2.97. The quantitative estimate of drug-likeness (QED) is 0.899. The van der Waals surface area contributed by atoms with Crippen LogP contribution in [-0.4, -0.2) is 21.3 Å². The van der Waals surface area contributed by atoms with E-state index in [-0.39, 0.29) is 17.4 Å². The topological polar surface area (TPSA) is 70.7 Å². The highest BCUT2D eigenvalue weighted by atomic mass is 16.2. The lowest BCUT2D eigenvalue weighted by atomic mass is 9.85. The largest absolute Gasteiger partial charge is 0.344 e. The van der Waals surface area contributed by atoms with Crippen molar-refractivity contribution in [3.63, 3.8) is 0 Å². The zero-order chi connectivity index (χ0) is 14.6. The van der Waals surface area contributed by atoms with E-state index < -0.39 is 0 Å². The van der Waals surface area contributed by atoms with E-state index in [1.165, 1.54) is 6.20 Å². The average Bonchev–Trinajstić information content (AvgIpc) is 2.91. The Morgan fingerprint density at radius 3 is 2.55 bits per heavy atom. The van der Waals surface area contributed by atoms with Crippen LogP contribution in [-0.2, 0) is 0 Å². The van der Waals surface area contributed by atoms with Crippen molar-refractivity contribution in [3.05, 3.63) is 47.8 Å². The van der Waals surface area contributed by atoms with Gasteiger partial charge in [-0.25, -0.2) is 0 Å². The second-order valence-electron chi connectivity index (χ2n) is 6.06. The second-order valence-corrected chi connectivity index (χ2v) is 6.06. The molecule has 1 amide bonds. The number of aromatic amines is 1. The highest BCUT2D eigenvalue weighted by molar-refractivity contribution is 5.92. The normalized spacial score (nSPS) is 12.9. The summed E-state index contributed by atoms with van der Waals surface area (Å²) in [5, 5.41) is 13.0. The molecule has 1 atom stereocenters. The van der Waals surface area contributed by atoms with Crippen LogP contribution in [0.2, 0.25) is 0 Å². The Morgan fingerprint density at radius 1 is 1.30 bits per heavy atom. The van der Waals surface area contributed by atoms with E-state index in [0.717, 1.165) is 12.0 Å². The molecule has 0 aliphatic rings.